The summed E-state index contributed by atoms with van der Waals surface area (Å²) in [6, 6.07) is 0. The first-order valence-corrected chi connectivity index (χ1v) is 7.26. The van der Waals surface area contributed by atoms with Gasteiger partial charge < -0.3 is 14.4 Å². The molecule has 1 aliphatic heterocycles. The zero-order chi connectivity index (χ0) is 14.2. The van der Waals surface area contributed by atoms with Crippen molar-refractivity contribution in [3.63, 3.8) is 0 Å². The first kappa shape index (κ1) is 15.4. The second-order valence-electron chi connectivity index (χ2n) is 4.91. The van der Waals surface area contributed by atoms with Crippen LogP contribution in [-0.2, 0) is 17.7 Å². The van der Waals surface area contributed by atoms with Crippen molar-refractivity contribution in [3.8, 4) is 0 Å². The van der Waals surface area contributed by atoms with Gasteiger partial charge in [0, 0.05) is 39.1 Å². The summed E-state index contributed by atoms with van der Waals surface area (Å²) in [5.74, 6) is 1.49. The second-order valence-corrected chi connectivity index (χ2v) is 4.91. The molecule has 1 aromatic heterocycles. The van der Waals surface area contributed by atoms with Crippen LogP contribution in [0, 0.1) is 0 Å². The number of aromatic nitrogens is 2. The molecule has 1 saturated heterocycles. The predicted octanol–water partition coefficient (Wildman–Crippen LogP) is -0.241. The number of rotatable bonds is 8. The molecular formula is C13H24N4O3. The van der Waals surface area contributed by atoms with E-state index in [2.05, 4.69) is 19.9 Å². The maximum absolute atomic E-state index is 8.63. The highest BCUT2D eigenvalue weighted by Gasteiger charge is 2.18. The fourth-order valence-corrected chi connectivity index (χ4v) is 2.23. The van der Waals surface area contributed by atoms with Crippen molar-refractivity contribution in [1.29, 1.82) is 0 Å². The van der Waals surface area contributed by atoms with Gasteiger partial charge in [-0.25, -0.2) is 0 Å². The van der Waals surface area contributed by atoms with Crippen LogP contribution >= 0.6 is 0 Å². The van der Waals surface area contributed by atoms with Crippen LogP contribution < -0.4 is 0 Å². The Morgan fingerprint density at radius 1 is 1.20 bits per heavy atom. The topological polar surface area (TPSA) is 74.9 Å². The maximum Gasteiger partial charge on any atom is 0.226 e. The molecule has 0 saturated carbocycles. The minimum absolute atomic E-state index is 0.0955. The lowest BCUT2D eigenvalue weighted by molar-refractivity contribution is 0.0558. The lowest BCUT2D eigenvalue weighted by Crippen LogP contribution is -2.46. The lowest BCUT2D eigenvalue weighted by Gasteiger charge is -2.33. The largest absolute Gasteiger partial charge is 0.394 e. The summed E-state index contributed by atoms with van der Waals surface area (Å²) in [6.07, 6.45) is 0.786. The average Bonchev–Trinajstić information content (AvgIpc) is 2.93. The Morgan fingerprint density at radius 2 is 1.95 bits per heavy atom. The van der Waals surface area contributed by atoms with Crippen molar-refractivity contribution < 1.29 is 14.4 Å². The highest BCUT2D eigenvalue weighted by Crippen LogP contribution is 2.06. The molecule has 7 heteroatoms. The monoisotopic (exact) mass is 284 g/mol. The van der Waals surface area contributed by atoms with Gasteiger partial charge in [-0.15, -0.1) is 0 Å². The normalized spacial score (nSPS) is 17.7. The van der Waals surface area contributed by atoms with E-state index in [0.29, 0.717) is 19.1 Å². The third-order valence-electron chi connectivity index (χ3n) is 3.43. The zero-order valence-corrected chi connectivity index (χ0v) is 12.1. The molecule has 0 radical (unpaired) electrons. The van der Waals surface area contributed by atoms with E-state index in [4.69, 9.17) is 14.4 Å². The molecule has 0 unspecified atom stereocenters. The first-order chi connectivity index (χ1) is 9.81. The van der Waals surface area contributed by atoms with Crippen molar-refractivity contribution in [1.82, 2.24) is 19.9 Å². The molecule has 0 aliphatic carbocycles. The van der Waals surface area contributed by atoms with E-state index in [0.717, 1.165) is 51.5 Å². The van der Waals surface area contributed by atoms with Gasteiger partial charge in [0.1, 0.15) is 0 Å². The smallest absolute Gasteiger partial charge is 0.226 e. The Hall–Kier alpha value is -1.02. The third kappa shape index (κ3) is 4.82. The molecule has 7 nitrogen and oxygen atoms in total. The summed E-state index contributed by atoms with van der Waals surface area (Å²) in [5, 5.41) is 12.6. The molecule has 114 valence electrons. The van der Waals surface area contributed by atoms with Crippen LogP contribution in [0.1, 0.15) is 18.6 Å². The Bertz CT molecular complexity index is 377. The Labute approximate surface area is 119 Å². The van der Waals surface area contributed by atoms with E-state index in [9.17, 15) is 0 Å². The Kier molecular flexibility index (Phi) is 6.38. The van der Waals surface area contributed by atoms with Crippen LogP contribution in [0.15, 0.2) is 4.52 Å². The van der Waals surface area contributed by atoms with Crippen LogP contribution in [0.5, 0.6) is 0 Å². The average molecular weight is 284 g/mol. The van der Waals surface area contributed by atoms with Gasteiger partial charge in [0.15, 0.2) is 5.82 Å². The third-order valence-corrected chi connectivity index (χ3v) is 3.43. The SMILES string of the molecule is CCc1nc(CN2CCN(CCOCCO)CC2)no1. The van der Waals surface area contributed by atoms with Crippen LogP contribution in [0.4, 0.5) is 0 Å². The molecule has 1 N–H and O–H groups in total. The molecule has 0 amide bonds. The van der Waals surface area contributed by atoms with E-state index in [1.54, 1.807) is 0 Å². The molecule has 0 aromatic carbocycles. The van der Waals surface area contributed by atoms with E-state index >= 15 is 0 Å². The minimum Gasteiger partial charge on any atom is -0.394 e. The molecule has 20 heavy (non-hydrogen) atoms. The summed E-state index contributed by atoms with van der Waals surface area (Å²) < 4.78 is 10.4. The van der Waals surface area contributed by atoms with Crippen molar-refractivity contribution in [2.75, 3.05) is 52.5 Å². The number of aliphatic hydroxyl groups excluding tert-OH is 1. The number of hydrogen-bond acceptors (Lipinski definition) is 7. The summed E-state index contributed by atoms with van der Waals surface area (Å²) in [5.41, 5.74) is 0. The molecule has 0 bridgehead atoms. The second kappa shape index (κ2) is 8.31. The zero-order valence-electron chi connectivity index (χ0n) is 12.1. The van der Waals surface area contributed by atoms with E-state index in [-0.39, 0.29) is 6.61 Å². The molecule has 2 rings (SSSR count). The molecule has 1 fully saturated rings. The molecule has 1 aliphatic rings. The quantitative estimate of drug-likeness (QED) is 0.660. The highest BCUT2D eigenvalue weighted by atomic mass is 16.5. The number of ether oxygens (including phenoxy) is 1. The lowest BCUT2D eigenvalue weighted by atomic mass is 10.3. The van der Waals surface area contributed by atoms with Gasteiger partial charge in [-0.1, -0.05) is 12.1 Å². The minimum atomic E-state index is 0.0955. The number of aliphatic hydroxyl groups is 1. The number of nitrogens with zero attached hydrogens (tertiary/aromatic N) is 4. The van der Waals surface area contributed by atoms with Crippen LogP contribution in [0.2, 0.25) is 0 Å². The molecular weight excluding hydrogens is 260 g/mol. The fourth-order valence-electron chi connectivity index (χ4n) is 2.23. The number of aryl methyl sites for hydroxylation is 1. The van der Waals surface area contributed by atoms with Gasteiger partial charge in [0.05, 0.1) is 26.4 Å². The standard InChI is InChI=1S/C13H24N4O3/c1-2-13-14-12(15-20-13)11-17-5-3-16(4-6-17)7-9-19-10-8-18/h18H,2-11H2,1H3. The van der Waals surface area contributed by atoms with Crippen LogP contribution in [0.3, 0.4) is 0 Å². The number of hydrogen-bond donors (Lipinski definition) is 1. The maximum atomic E-state index is 8.63. The van der Waals surface area contributed by atoms with Crippen LogP contribution in [0.25, 0.3) is 0 Å². The number of piperazine rings is 1. The van der Waals surface area contributed by atoms with Crippen molar-refractivity contribution in [2.45, 2.75) is 19.9 Å². The highest BCUT2D eigenvalue weighted by molar-refractivity contribution is 4.87. The molecule has 1 aromatic rings. The van der Waals surface area contributed by atoms with Gasteiger partial charge in [0.25, 0.3) is 0 Å². The van der Waals surface area contributed by atoms with Crippen molar-refractivity contribution in [2.24, 2.45) is 0 Å². The van der Waals surface area contributed by atoms with Gasteiger partial charge in [-0.2, -0.15) is 4.98 Å². The fraction of sp³-hybridized carbons (Fsp3) is 0.846. The summed E-state index contributed by atoms with van der Waals surface area (Å²) in [7, 11) is 0. The van der Waals surface area contributed by atoms with E-state index in [1.807, 2.05) is 6.92 Å². The van der Waals surface area contributed by atoms with Gasteiger partial charge in [-0.05, 0) is 0 Å². The van der Waals surface area contributed by atoms with Gasteiger partial charge >= 0.3 is 0 Å². The predicted molar refractivity (Wildman–Crippen MR) is 73.3 cm³/mol. The molecule has 0 spiro atoms. The van der Waals surface area contributed by atoms with Gasteiger partial charge in [-0.3, -0.25) is 9.80 Å². The van der Waals surface area contributed by atoms with E-state index in [1.165, 1.54) is 0 Å². The summed E-state index contributed by atoms with van der Waals surface area (Å²) in [6.45, 7) is 8.98. The molecule has 2 heterocycles. The van der Waals surface area contributed by atoms with Crippen molar-refractivity contribution in [3.05, 3.63) is 11.7 Å². The summed E-state index contributed by atoms with van der Waals surface area (Å²) in [4.78, 5) is 9.05. The Balaban J connectivity index is 1.63. The van der Waals surface area contributed by atoms with E-state index < -0.39 is 0 Å². The van der Waals surface area contributed by atoms with Gasteiger partial charge in [0.2, 0.25) is 5.89 Å². The summed E-state index contributed by atoms with van der Waals surface area (Å²) >= 11 is 0. The van der Waals surface area contributed by atoms with Crippen molar-refractivity contribution >= 4 is 0 Å². The molecule has 0 atom stereocenters. The van der Waals surface area contributed by atoms with Crippen LogP contribution in [-0.4, -0.2) is 77.6 Å². The first-order valence-electron chi connectivity index (χ1n) is 7.26. The Morgan fingerprint density at radius 3 is 2.60 bits per heavy atom.